The molecule has 134 valence electrons. The van der Waals surface area contributed by atoms with Crippen molar-refractivity contribution in [2.45, 2.75) is 23.8 Å². The van der Waals surface area contributed by atoms with Gasteiger partial charge in [0.1, 0.15) is 17.4 Å². The number of nitriles is 1. The van der Waals surface area contributed by atoms with E-state index < -0.39 is 5.91 Å². The Morgan fingerprint density at radius 1 is 1.07 bits per heavy atom. The van der Waals surface area contributed by atoms with Crippen molar-refractivity contribution in [2.75, 3.05) is 5.32 Å². The van der Waals surface area contributed by atoms with Crippen molar-refractivity contribution < 1.29 is 9.21 Å². The van der Waals surface area contributed by atoms with E-state index in [-0.39, 0.29) is 5.57 Å². The summed E-state index contributed by atoms with van der Waals surface area (Å²) in [5, 5.41) is 12.8. The molecule has 1 N–H and O–H groups in total. The number of nitrogens with zero attached hydrogens (tertiary/aromatic N) is 1. The molecule has 0 fully saturated rings. The summed E-state index contributed by atoms with van der Waals surface area (Å²) in [6.07, 6.45) is 1.45. The molecular formula is C22H18N2O2S. The maximum absolute atomic E-state index is 12.4. The molecule has 0 saturated carbocycles. The Balaban J connectivity index is 1.73. The molecule has 0 unspecified atom stereocenters. The van der Waals surface area contributed by atoms with Gasteiger partial charge in [0.2, 0.25) is 0 Å². The lowest BCUT2D eigenvalue weighted by Crippen LogP contribution is -2.13. The summed E-state index contributed by atoms with van der Waals surface area (Å²) < 4.78 is 5.71. The first-order chi connectivity index (χ1) is 13.0. The van der Waals surface area contributed by atoms with Crippen molar-refractivity contribution >= 4 is 29.4 Å². The van der Waals surface area contributed by atoms with Crippen molar-refractivity contribution in [1.29, 1.82) is 5.26 Å². The van der Waals surface area contributed by atoms with Gasteiger partial charge < -0.3 is 9.73 Å². The van der Waals surface area contributed by atoms with Crippen LogP contribution in [0.5, 0.6) is 0 Å². The number of rotatable bonds is 5. The van der Waals surface area contributed by atoms with Crippen molar-refractivity contribution in [2.24, 2.45) is 0 Å². The van der Waals surface area contributed by atoms with Crippen LogP contribution in [0.3, 0.4) is 0 Å². The molecule has 1 heterocycles. The molecule has 0 bridgehead atoms. The Labute approximate surface area is 162 Å². The van der Waals surface area contributed by atoms with E-state index in [4.69, 9.17) is 4.42 Å². The molecule has 0 aliphatic rings. The van der Waals surface area contributed by atoms with Crippen molar-refractivity contribution in [3.63, 3.8) is 0 Å². The van der Waals surface area contributed by atoms with Crippen molar-refractivity contribution in [3.05, 3.63) is 83.1 Å². The molecule has 0 aliphatic carbocycles. The minimum Gasteiger partial charge on any atom is -0.450 e. The zero-order valence-corrected chi connectivity index (χ0v) is 15.8. The summed E-state index contributed by atoms with van der Waals surface area (Å²) in [5.41, 5.74) is 2.86. The molecule has 27 heavy (non-hydrogen) atoms. The summed E-state index contributed by atoms with van der Waals surface area (Å²) in [7, 11) is 0. The van der Waals surface area contributed by atoms with Crippen LogP contribution in [0.1, 0.15) is 16.9 Å². The predicted octanol–water partition coefficient (Wildman–Crippen LogP) is 5.59. The molecule has 4 nitrogen and oxygen atoms in total. The highest BCUT2D eigenvalue weighted by Gasteiger charge is 2.12. The van der Waals surface area contributed by atoms with Crippen LogP contribution in [0.15, 0.2) is 80.6 Å². The number of anilines is 1. The van der Waals surface area contributed by atoms with Gasteiger partial charge in [0.05, 0.1) is 0 Å². The maximum atomic E-state index is 12.4. The fraction of sp³-hybridized carbons (Fsp3) is 0.0909. The monoisotopic (exact) mass is 374 g/mol. The zero-order valence-electron chi connectivity index (χ0n) is 15.0. The van der Waals surface area contributed by atoms with E-state index in [9.17, 15) is 10.1 Å². The lowest BCUT2D eigenvalue weighted by molar-refractivity contribution is -0.112. The number of benzene rings is 2. The second kappa shape index (κ2) is 8.43. The van der Waals surface area contributed by atoms with Gasteiger partial charge in [0.25, 0.3) is 5.91 Å². The third-order valence-corrected chi connectivity index (χ3v) is 4.91. The van der Waals surface area contributed by atoms with Crippen LogP contribution in [-0.4, -0.2) is 5.91 Å². The standard InChI is InChI=1S/C22H18N2O2S/c1-15-8-9-18(12-16(15)2)24-22(25)17(14-23)13-19-10-11-21(26-19)27-20-6-4-3-5-7-20/h3-13H,1-2H3,(H,24,25)/b17-13-. The molecule has 3 rings (SSSR count). The Hall–Kier alpha value is -3.23. The Bertz CT molecular complexity index is 1030. The molecule has 1 aromatic heterocycles. The average molecular weight is 374 g/mol. The van der Waals surface area contributed by atoms with Gasteiger partial charge in [-0.05, 0) is 61.4 Å². The summed E-state index contributed by atoms with van der Waals surface area (Å²) in [4.78, 5) is 13.4. The van der Waals surface area contributed by atoms with Gasteiger partial charge in [-0.2, -0.15) is 5.26 Å². The maximum Gasteiger partial charge on any atom is 0.266 e. The molecule has 0 aliphatic heterocycles. The SMILES string of the molecule is Cc1ccc(NC(=O)/C(C#N)=C\c2ccc(Sc3ccccc3)o2)cc1C. The first-order valence-corrected chi connectivity index (χ1v) is 9.20. The number of hydrogen-bond donors (Lipinski definition) is 1. The van der Waals surface area contributed by atoms with Crippen LogP contribution in [0, 0.1) is 25.2 Å². The van der Waals surface area contributed by atoms with Crippen molar-refractivity contribution in [3.8, 4) is 6.07 Å². The average Bonchev–Trinajstić information content (AvgIpc) is 3.10. The number of hydrogen-bond acceptors (Lipinski definition) is 4. The van der Waals surface area contributed by atoms with E-state index in [1.54, 1.807) is 6.07 Å². The van der Waals surface area contributed by atoms with Crippen LogP contribution >= 0.6 is 11.8 Å². The fourth-order valence-electron chi connectivity index (χ4n) is 2.38. The third kappa shape index (κ3) is 4.90. The van der Waals surface area contributed by atoms with Crippen LogP contribution < -0.4 is 5.32 Å². The molecule has 0 saturated heterocycles. The van der Waals surface area contributed by atoms with Gasteiger partial charge in [-0.1, -0.05) is 36.0 Å². The molecule has 2 aromatic carbocycles. The van der Waals surface area contributed by atoms with E-state index in [1.165, 1.54) is 17.8 Å². The van der Waals surface area contributed by atoms with E-state index in [0.29, 0.717) is 16.5 Å². The molecular weight excluding hydrogens is 356 g/mol. The summed E-state index contributed by atoms with van der Waals surface area (Å²) in [6.45, 7) is 3.98. The smallest absolute Gasteiger partial charge is 0.266 e. The van der Waals surface area contributed by atoms with Gasteiger partial charge >= 0.3 is 0 Å². The molecule has 0 radical (unpaired) electrons. The minimum absolute atomic E-state index is 0.0150. The Morgan fingerprint density at radius 3 is 2.56 bits per heavy atom. The van der Waals surface area contributed by atoms with Crippen LogP contribution in [0.2, 0.25) is 0 Å². The number of amides is 1. The molecule has 0 atom stereocenters. The fourth-order valence-corrected chi connectivity index (χ4v) is 3.18. The normalized spacial score (nSPS) is 11.1. The summed E-state index contributed by atoms with van der Waals surface area (Å²) >= 11 is 1.48. The predicted molar refractivity (Wildman–Crippen MR) is 107 cm³/mol. The van der Waals surface area contributed by atoms with Gasteiger partial charge in [0, 0.05) is 16.7 Å². The number of aryl methyl sites for hydroxylation is 2. The highest BCUT2D eigenvalue weighted by atomic mass is 32.2. The van der Waals surface area contributed by atoms with E-state index in [1.807, 2.05) is 74.5 Å². The first kappa shape index (κ1) is 18.6. The number of carbonyl (C=O) groups is 1. The molecule has 0 spiro atoms. The topological polar surface area (TPSA) is 66.0 Å². The van der Waals surface area contributed by atoms with Crippen LogP contribution in [0.25, 0.3) is 6.08 Å². The summed E-state index contributed by atoms with van der Waals surface area (Å²) in [6, 6.07) is 21.0. The van der Waals surface area contributed by atoms with E-state index in [2.05, 4.69) is 5.32 Å². The lowest BCUT2D eigenvalue weighted by atomic mass is 10.1. The van der Waals surface area contributed by atoms with Crippen LogP contribution in [0.4, 0.5) is 5.69 Å². The highest BCUT2D eigenvalue weighted by molar-refractivity contribution is 7.99. The number of carbonyl (C=O) groups excluding carboxylic acids is 1. The largest absolute Gasteiger partial charge is 0.450 e. The first-order valence-electron chi connectivity index (χ1n) is 8.38. The van der Waals surface area contributed by atoms with Crippen molar-refractivity contribution in [1.82, 2.24) is 0 Å². The Morgan fingerprint density at radius 2 is 1.85 bits per heavy atom. The highest BCUT2D eigenvalue weighted by Crippen LogP contribution is 2.29. The van der Waals surface area contributed by atoms with E-state index in [0.717, 1.165) is 16.0 Å². The van der Waals surface area contributed by atoms with Crippen LogP contribution in [-0.2, 0) is 4.79 Å². The van der Waals surface area contributed by atoms with Gasteiger partial charge in [-0.25, -0.2) is 0 Å². The molecule has 5 heteroatoms. The zero-order chi connectivity index (χ0) is 19.2. The third-order valence-electron chi connectivity index (χ3n) is 3.98. The van der Waals surface area contributed by atoms with Gasteiger partial charge in [0.15, 0.2) is 5.09 Å². The van der Waals surface area contributed by atoms with Gasteiger partial charge in [-0.3, -0.25) is 4.79 Å². The second-order valence-corrected chi connectivity index (χ2v) is 7.07. The molecule has 3 aromatic rings. The molecule has 1 amide bonds. The number of furan rings is 1. The number of nitrogens with one attached hydrogen (secondary N) is 1. The quantitative estimate of drug-likeness (QED) is 0.467. The Kier molecular flexibility index (Phi) is 5.80. The lowest BCUT2D eigenvalue weighted by Gasteiger charge is -2.06. The summed E-state index contributed by atoms with van der Waals surface area (Å²) in [5.74, 6) is -0.00497. The van der Waals surface area contributed by atoms with Gasteiger partial charge in [-0.15, -0.1) is 0 Å². The second-order valence-electron chi connectivity index (χ2n) is 5.99. The minimum atomic E-state index is -0.464. The van der Waals surface area contributed by atoms with E-state index >= 15 is 0 Å².